The van der Waals surface area contributed by atoms with Crippen LogP contribution >= 0.6 is 0 Å². The van der Waals surface area contributed by atoms with E-state index in [9.17, 15) is 14.9 Å². The largest absolute Gasteiger partial charge is 0.462 e. The zero-order valence-electron chi connectivity index (χ0n) is 13.8. The van der Waals surface area contributed by atoms with Gasteiger partial charge in [0.05, 0.1) is 23.4 Å². The van der Waals surface area contributed by atoms with Crippen LogP contribution in [0.3, 0.4) is 0 Å². The molecule has 0 aromatic carbocycles. The first-order valence-corrected chi connectivity index (χ1v) is 8.21. The second-order valence-electron chi connectivity index (χ2n) is 5.83. The molecule has 1 atom stereocenters. The third-order valence-corrected chi connectivity index (χ3v) is 4.08. The lowest BCUT2D eigenvalue weighted by Crippen LogP contribution is -2.24. The molecule has 0 aliphatic carbocycles. The van der Waals surface area contributed by atoms with E-state index in [1.54, 1.807) is 0 Å². The second-order valence-corrected chi connectivity index (χ2v) is 5.83. The fourth-order valence-electron chi connectivity index (χ4n) is 2.79. The van der Waals surface area contributed by atoms with Gasteiger partial charge in [-0.2, -0.15) is 5.26 Å². The van der Waals surface area contributed by atoms with Crippen molar-refractivity contribution >= 4 is 17.7 Å². The number of rotatable bonds is 8. The normalized spacial score (nSPS) is 14.2. The van der Waals surface area contributed by atoms with E-state index in [1.165, 1.54) is 6.07 Å². The molecule has 7 nitrogen and oxygen atoms in total. The molecule has 1 aromatic rings. The van der Waals surface area contributed by atoms with Gasteiger partial charge in [0.1, 0.15) is 11.9 Å². The van der Waals surface area contributed by atoms with Gasteiger partial charge >= 0.3 is 5.97 Å². The smallest absolute Gasteiger partial charge is 0.340 e. The highest BCUT2D eigenvalue weighted by atomic mass is 16.5. The molecule has 2 rings (SSSR count). The summed E-state index contributed by atoms with van der Waals surface area (Å²) in [5.41, 5.74) is 6.71. The summed E-state index contributed by atoms with van der Waals surface area (Å²) in [5, 5.41) is 12.4. The molecule has 1 aromatic heterocycles. The molecular weight excluding hydrogens is 308 g/mol. The van der Waals surface area contributed by atoms with Crippen molar-refractivity contribution in [2.75, 3.05) is 18.5 Å². The van der Waals surface area contributed by atoms with E-state index in [2.05, 4.69) is 10.3 Å². The van der Waals surface area contributed by atoms with Gasteiger partial charge in [0.25, 0.3) is 0 Å². The first kappa shape index (κ1) is 17.7. The summed E-state index contributed by atoms with van der Waals surface area (Å²) in [4.78, 5) is 27.4. The zero-order chi connectivity index (χ0) is 17.5. The molecule has 0 saturated heterocycles. The number of nitriles is 1. The number of cyclic esters (lactones) is 1. The van der Waals surface area contributed by atoms with E-state index in [0.29, 0.717) is 48.6 Å². The average molecular weight is 330 g/mol. The van der Waals surface area contributed by atoms with Crippen molar-refractivity contribution in [1.29, 1.82) is 5.26 Å². The van der Waals surface area contributed by atoms with E-state index in [4.69, 9.17) is 10.5 Å². The number of primary amides is 1. The summed E-state index contributed by atoms with van der Waals surface area (Å²) >= 11 is 0. The van der Waals surface area contributed by atoms with Crippen LogP contribution in [0.15, 0.2) is 6.07 Å². The highest BCUT2D eigenvalue weighted by Crippen LogP contribution is 2.22. The number of carbonyl (C=O) groups is 2. The fourth-order valence-corrected chi connectivity index (χ4v) is 2.79. The van der Waals surface area contributed by atoms with Crippen LogP contribution < -0.4 is 11.1 Å². The molecule has 0 saturated carbocycles. The third kappa shape index (κ3) is 4.22. The van der Waals surface area contributed by atoms with Gasteiger partial charge in [0.15, 0.2) is 0 Å². The predicted octanol–water partition coefficient (Wildman–Crippen LogP) is 1.76. The summed E-state index contributed by atoms with van der Waals surface area (Å²) in [7, 11) is 0. The molecule has 1 amide bonds. The lowest BCUT2D eigenvalue weighted by Gasteiger charge is -2.17. The van der Waals surface area contributed by atoms with Gasteiger partial charge in [0, 0.05) is 18.9 Å². The van der Waals surface area contributed by atoms with Crippen molar-refractivity contribution in [1.82, 2.24) is 4.98 Å². The maximum absolute atomic E-state index is 11.7. The standard InChI is InChI=1S/C17H22N4O3/c1-2-4-11(15(19)22)5-3-7-20-16-12(10-18)9-13-14(21-16)6-8-24-17(13)23/h9,11H,2-8H2,1H3,(H2,19,22)(H,20,21). The van der Waals surface area contributed by atoms with Crippen LogP contribution in [0.2, 0.25) is 0 Å². The summed E-state index contributed by atoms with van der Waals surface area (Å²) in [6, 6.07) is 3.57. The monoisotopic (exact) mass is 330 g/mol. The molecule has 1 aliphatic rings. The Bertz CT molecular complexity index is 667. The van der Waals surface area contributed by atoms with Crippen LogP contribution in [0.5, 0.6) is 0 Å². The lowest BCUT2D eigenvalue weighted by atomic mass is 9.97. The number of nitrogens with one attached hydrogen (secondary N) is 1. The zero-order valence-corrected chi connectivity index (χ0v) is 13.8. The SMILES string of the molecule is CCCC(CCCNc1nc2c(cc1C#N)C(=O)OCC2)C(N)=O. The van der Waals surface area contributed by atoms with E-state index in [0.717, 1.165) is 19.3 Å². The van der Waals surface area contributed by atoms with Crippen molar-refractivity contribution in [3.63, 3.8) is 0 Å². The van der Waals surface area contributed by atoms with Crippen LogP contribution in [-0.4, -0.2) is 30.0 Å². The van der Waals surface area contributed by atoms with Crippen molar-refractivity contribution in [3.8, 4) is 6.07 Å². The Balaban J connectivity index is 1.99. The number of fused-ring (bicyclic) bond motifs is 1. The second kappa shape index (κ2) is 8.29. The topological polar surface area (TPSA) is 118 Å². The van der Waals surface area contributed by atoms with Crippen molar-refractivity contribution in [2.45, 2.75) is 39.0 Å². The number of aromatic nitrogens is 1. The quantitative estimate of drug-likeness (QED) is 0.554. The van der Waals surface area contributed by atoms with Crippen LogP contribution in [0.25, 0.3) is 0 Å². The predicted molar refractivity (Wildman–Crippen MR) is 88.3 cm³/mol. The van der Waals surface area contributed by atoms with E-state index in [1.807, 2.05) is 13.0 Å². The molecule has 2 heterocycles. The van der Waals surface area contributed by atoms with Gasteiger partial charge in [-0.15, -0.1) is 0 Å². The van der Waals surface area contributed by atoms with Crippen molar-refractivity contribution in [3.05, 3.63) is 22.9 Å². The minimum atomic E-state index is -0.435. The molecule has 0 spiro atoms. The molecule has 1 unspecified atom stereocenters. The number of anilines is 1. The molecule has 0 radical (unpaired) electrons. The molecule has 7 heteroatoms. The number of esters is 1. The van der Waals surface area contributed by atoms with Gasteiger partial charge in [-0.1, -0.05) is 13.3 Å². The Hall–Kier alpha value is -2.62. The molecular formula is C17H22N4O3. The summed E-state index contributed by atoms with van der Waals surface area (Å²) in [6.45, 7) is 2.91. The minimum absolute atomic E-state index is 0.113. The first-order chi connectivity index (χ1) is 11.6. The lowest BCUT2D eigenvalue weighted by molar-refractivity contribution is -0.122. The maximum atomic E-state index is 11.7. The number of carbonyl (C=O) groups excluding carboxylic acids is 2. The minimum Gasteiger partial charge on any atom is -0.462 e. The molecule has 0 fully saturated rings. The highest BCUT2D eigenvalue weighted by Gasteiger charge is 2.22. The Morgan fingerprint density at radius 1 is 1.54 bits per heavy atom. The Morgan fingerprint density at radius 3 is 3.00 bits per heavy atom. The summed E-state index contributed by atoms with van der Waals surface area (Å²) < 4.78 is 4.96. The van der Waals surface area contributed by atoms with Gasteiger partial charge in [-0.05, 0) is 25.3 Å². The van der Waals surface area contributed by atoms with Crippen molar-refractivity contribution < 1.29 is 14.3 Å². The van der Waals surface area contributed by atoms with Crippen LogP contribution in [0.4, 0.5) is 5.82 Å². The van der Waals surface area contributed by atoms with E-state index >= 15 is 0 Å². The first-order valence-electron chi connectivity index (χ1n) is 8.21. The Labute approximate surface area is 141 Å². The van der Waals surface area contributed by atoms with E-state index < -0.39 is 5.97 Å². The van der Waals surface area contributed by atoms with Crippen LogP contribution in [-0.2, 0) is 16.0 Å². The van der Waals surface area contributed by atoms with Crippen LogP contribution in [0.1, 0.15) is 54.2 Å². The number of hydrogen-bond acceptors (Lipinski definition) is 6. The number of hydrogen-bond donors (Lipinski definition) is 2. The number of nitrogens with zero attached hydrogens (tertiary/aromatic N) is 2. The Kier molecular flexibility index (Phi) is 6.13. The maximum Gasteiger partial charge on any atom is 0.340 e. The molecule has 24 heavy (non-hydrogen) atoms. The van der Waals surface area contributed by atoms with E-state index in [-0.39, 0.29) is 11.8 Å². The van der Waals surface area contributed by atoms with Crippen molar-refractivity contribution in [2.24, 2.45) is 11.7 Å². The number of nitrogens with two attached hydrogens (primary N) is 1. The van der Waals surface area contributed by atoms with Gasteiger partial charge in [-0.3, -0.25) is 4.79 Å². The summed E-state index contributed by atoms with van der Waals surface area (Å²) in [6.07, 6.45) is 3.70. The van der Waals surface area contributed by atoms with Crippen LogP contribution in [0, 0.1) is 17.2 Å². The third-order valence-electron chi connectivity index (χ3n) is 4.08. The summed E-state index contributed by atoms with van der Waals surface area (Å²) in [5.74, 6) is -0.341. The molecule has 3 N–H and O–H groups in total. The fraction of sp³-hybridized carbons (Fsp3) is 0.529. The van der Waals surface area contributed by atoms with Gasteiger partial charge in [0.2, 0.25) is 5.91 Å². The number of pyridine rings is 1. The van der Waals surface area contributed by atoms with Gasteiger partial charge in [-0.25, -0.2) is 9.78 Å². The highest BCUT2D eigenvalue weighted by molar-refractivity contribution is 5.92. The molecule has 128 valence electrons. The average Bonchev–Trinajstić information content (AvgIpc) is 2.57. The Morgan fingerprint density at radius 2 is 2.33 bits per heavy atom. The number of ether oxygens (including phenoxy) is 1. The number of amides is 1. The molecule has 0 bridgehead atoms. The molecule has 1 aliphatic heterocycles. The van der Waals surface area contributed by atoms with Gasteiger partial charge < -0.3 is 15.8 Å².